The standard InChI is InChI=1S/C24H22BrN3O3/c1-16(19-5-11-22(12-6-19)26-17(2)29)27-28-24(30)20-7-13-23(14-8-20)31-15-18-3-9-21(25)10-4-18/h3-14H,15H2,1-2H3,(H,26,29)(H,28,30)/b27-16+. The van der Waals surface area contributed by atoms with E-state index in [1.807, 2.05) is 36.4 Å². The molecule has 7 heteroatoms. The van der Waals surface area contributed by atoms with Crippen molar-refractivity contribution in [3.8, 4) is 5.75 Å². The van der Waals surface area contributed by atoms with Gasteiger partial charge in [0.05, 0.1) is 5.71 Å². The molecule has 0 saturated heterocycles. The van der Waals surface area contributed by atoms with E-state index >= 15 is 0 Å². The summed E-state index contributed by atoms with van der Waals surface area (Å²) in [7, 11) is 0. The van der Waals surface area contributed by atoms with Gasteiger partial charge in [-0.2, -0.15) is 5.10 Å². The van der Waals surface area contributed by atoms with Gasteiger partial charge in [0.25, 0.3) is 5.91 Å². The van der Waals surface area contributed by atoms with E-state index < -0.39 is 0 Å². The van der Waals surface area contributed by atoms with Gasteiger partial charge in [-0.1, -0.05) is 40.2 Å². The minimum Gasteiger partial charge on any atom is -0.489 e. The number of amides is 2. The Morgan fingerprint density at radius 3 is 2.10 bits per heavy atom. The van der Waals surface area contributed by atoms with Crippen molar-refractivity contribution in [2.45, 2.75) is 20.5 Å². The van der Waals surface area contributed by atoms with Gasteiger partial charge >= 0.3 is 0 Å². The van der Waals surface area contributed by atoms with Crippen LogP contribution in [0.4, 0.5) is 5.69 Å². The van der Waals surface area contributed by atoms with Gasteiger partial charge in [0.15, 0.2) is 0 Å². The van der Waals surface area contributed by atoms with Crippen molar-refractivity contribution in [1.29, 1.82) is 0 Å². The molecule has 31 heavy (non-hydrogen) atoms. The number of halogens is 1. The minimum absolute atomic E-state index is 0.130. The topological polar surface area (TPSA) is 79.8 Å². The third-order valence-electron chi connectivity index (χ3n) is 4.38. The van der Waals surface area contributed by atoms with Crippen LogP contribution in [0.2, 0.25) is 0 Å². The predicted molar refractivity (Wildman–Crippen MR) is 125 cm³/mol. The third kappa shape index (κ3) is 6.79. The van der Waals surface area contributed by atoms with Crippen LogP contribution in [0.5, 0.6) is 5.75 Å². The molecule has 0 spiro atoms. The molecule has 0 radical (unpaired) electrons. The van der Waals surface area contributed by atoms with Gasteiger partial charge in [-0.05, 0) is 66.6 Å². The second-order valence-electron chi connectivity index (χ2n) is 6.84. The summed E-state index contributed by atoms with van der Waals surface area (Å²) < 4.78 is 6.78. The van der Waals surface area contributed by atoms with Crippen LogP contribution in [0.15, 0.2) is 82.4 Å². The second-order valence-corrected chi connectivity index (χ2v) is 7.75. The Balaban J connectivity index is 1.54. The number of nitrogens with one attached hydrogen (secondary N) is 2. The number of hydrogen-bond donors (Lipinski definition) is 2. The summed E-state index contributed by atoms with van der Waals surface area (Å²) >= 11 is 3.41. The lowest BCUT2D eigenvalue weighted by Gasteiger charge is -2.08. The number of rotatable bonds is 7. The number of nitrogens with zero attached hydrogens (tertiary/aromatic N) is 1. The summed E-state index contributed by atoms with van der Waals surface area (Å²) in [5.74, 6) is 0.238. The zero-order valence-corrected chi connectivity index (χ0v) is 18.8. The Kier molecular flexibility index (Phi) is 7.56. The predicted octanol–water partition coefficient (Wildman–Crippen LogP) is 5.14. The maximum absolute atomic E-state index is 12.4. The van der Waals surface area contributed by atoms with E-state index in [4.69, 9.17) is 4.74 Å². The van der Waals surface area contributed by atoms with Crippen LogP contribution in [-0.2, 0) is 11.4 Å². The van der Waals surface area contributed by atoms with Gasteiger partial charge in [-0.3, -0.25) is 9.59 Å². The second kappa shape index (κ2) is 10.5. The normalized spacial score (nSPS) is 11.0. The molecule has 2 N–H and O–H groups in total. The molecule has 3 rings (SSSR count). The van der Waals surface area contributed by atoms with Crippen LogP contribution < -0.4 is 15.5 Å². The molecule has 3 aromatic rings. The fourth-order valence-corrected chi connectivity index (χ4v) is 2.98. The number of anilines is 1. The third-order valence-corrected chi connectivity index (χ3v) is 4.91. The summed E-state index contributed by atoms with van der Waals surface area (Å²) in [4.78, 5) is 23.5. The Hall–Kier alpha value is -3.45. The molecule has 0 aliphatic carbocycles. The van der Waals surface area contributed by atoms with Crippen molar-refractivity contribution in [2.24, 2.45) is 5.10 Å². The van der Waals surface area contributed by atoms with Crippen LogP contribution in [0.1, 0.15) is 35.3 Å². The zero-order valence-electron chi connectivity index (χ0n) is 17.2. The molecule has 158 valence electrons. The van der Waals surface area contributed by atoms with E-state index in [1.54, 1.807) is 43.3 Å². The fraction of sp³-hybridized carbons (Fsp3) is 0.125. The van der Waals surface area contributed by atoms with Gasteiger partial charge in [0, 0.05) is 22.6 Å². The molecule has 0 saturated carbocycles. The first-order chi connectivity index (χ1) is 14.9. The van der Waals surface area contributed by atoms with E-state index in [0.717, 1.165) is 15.6 Å². The van der Waals surface area contributed by atoms with E-state index in [2.05, 4.69) is 31.8 Å². The van der Waals surface area contributed by atoms with Crippen molar-refractivity contribution in [2.75, 3.05) is 5.32 Å². The van der Waals surface area contributed by atoms with Gasteiger partial charge < -0.3 is 10.1 Å². The van der Waals surface area contributed by atoms with Crippen molar-refractivity contribution < 1.29 is 14.3 Å². The molecule has 2 amide bonds. The van der Waals surface area contributed by atoms with Gasteiger partial charge in [-0.15, -0.1) is 0 Å². The number of benzene rings is 3. The van der Waals surface area contributed by atoms with Crippen LogP contribution in [-0.4, -0.2) is 17.5 Å². The van der Waals surface area contributed by atoms with Gasteiger partial charge in [0.1, 0.15) is 12.4 Å². The van der Waals surface area contributed by atoms with Crippen molar-refractivity contribution in [3.63, 3.8) is 0 Å². The molecule has 6 nitrogen and oxygen atoms in total. The highest BCUT2D eigenvalue weighted by atomic mass is 79.9. The van der Waals surface area contributed by atoms with Crippen LogP contribution in [0.25, 0.3) is 0 Å². The smallest absolute Gasteiger partial charge is 0.271 e. The molecule has 3 aromatic carbocycles. The lowest BCUT2D eigenvalue weighted by molar-refractivity contribution is -0.114. The number of hydrazone groups is 1. The number of ether oxygens (including phenoxy) is 1. The first-order valence-electron chi connectivity index (χ1n) is 9.60. The van der Waals surface area contributed by atoms with Crippen LogP contribution in [0, 0.1) is 0 Å². The molecule has 0 unspecified atom stereocenters. The van der Waals surface area contributed by atoms with E-state index in [-0.39, 0.29) is 11.8 Å². The fourth-order valence-electron chi connectivity index (χ4n) is 2.71. The first-order valence-corrected chi connectivity index (χ1v) is 10.4. The number of carbonyl (C=O) groups is 2. The molecular weight excluding hydrogens is 458 g/mol. The average molecular weight is 480 g/mol. The van der Waals surface area contributed by atoms with E-state index in [0.29, 0.717) is 29.3 Å². The maximum Gasteiger partial charge on any atom is 0.271 e. The monoisotopic (exact) mass is 479 g/mol. The largest absolute Gasteiger partial charge is 0.489 e. The summed E-state index contributed by atoms with van der Waals surface area (Å²) in [5.41, 5.74) is 6.29. The molecule has 0 bridgehead atoms. The molecule has 0 heterocycles. The van der Waals surface area contributed by atoms with Crippen LogP contribution in [0.3, 0.4) is 0 Å². The molecule has 0 aliphatic rings. The van der Waals surface area contributed by atoms with Crippen molar-refractivity contribution in [1.82, 2.24) is 5.43 Å². The molecule has 0 fully saturated rings. The lowest BCUT2D eigenvalue weighted by atomic mass is 10.1. The number of carbonyl (C=O) groups excluding carboxylic acids is 2. The highest BCUT2D eigenvalue weighted by Crippen LogP contribution is 2.16. The molecular formula is C24H22BrN3O3. The van der Waals surface area contributed by atoms with Gasteiger partial charge in [0.2, 0.25) is 5.91 Å². The highest BCUT2D eigenvalue weighted by molar-refractivity contribution is 9.10. The van der Waals surface area contributed by atoms with E-state index in [1.165, 1.54) is 6.92 Å². The van der Waals surface area contributed by atoms with Crippen LogP contribution >= 0.6 is 15.9 Å². The zero-order chi connectivity index (χ0) is 22.2. The summed E-state index contributed by atoms with van der Waals surface area (Å²) in [6.07, 6.45) is 0. The Labute approximate surface area is 189 Å². The average Bonchev–Trinajstić information content (AvgIpc) is 2.77. The Morgan fingerprint density at radius 2 is 1.48 bits per heavy atom. The van der Waals surface area contributed by atoms with E-state index in [9.17, 15) is 9.59 Å². The van der Waals surface area contributed by atoms with Crippen molar-refractivity contribution in [3.05, 3.63) is 94.0 Å². The SMILES string of the molecule is CC(=O)Nc1ccc(/C(C)=N/NC(=O)c2ccc(OCc3ccc(Br)cc3)cc2)cc1. The Morgan fingerprint density at radius 1 is 0.871 bits per heavy atom. The summed E-state index contributed by atoms with van der Waals surface area (Å²) in [6.45, 7) is 3.70. The number of hydrogen-bond acceptors (Lipinski definition) is 4. The molecule has 0 atom stereocenters. The van der Waals surface area contributed by atoms with Gasteiger partial charge in [-0.25, -0.2) is 5.43 Å². The molecule has 0 aliphatic heterocycles. The molecule has 0 aromatic heterocycles. The summed E-state index contributed by atoms with van der Waals surface area (Å²) in [5, 5.41) is 6.87. The highest BCUT2D eigenvalue weighted by Gasteiger charge is 2.06. The first kappa shape index (κ1) is 22.2. The summed E-state index contributed by atoms with van der Waals surface area (Å²) in [6, 6.07) is 22.0. The Bertz CT molecular complexity index is 1080. The quantitative estimate of drug-likeness (QED) is 0.363. The maximum atomic E-state index is 12.4. The minimum atomic E-state index is -0.311. The lowest BCUT2D eigenvalue weighted by Crippen LogP contribution is -2.19. The van der Waals surface area contributed by atoms with Crippen molar-refractivity contribution >= 4 is 39.1 Å².